The Morgan fingerprint density at radius 3 is 2.50 bits per heavy atom. The zero-order chi connectivity index (χ0) is 12.8. The third-order valence-corrected chi connectivity index (χ3v) is 3.28. The molecule has 1 aromatic carbocycles. The van der Waals surface area contributed by atoms with E-state index in [0.717, 1.165) is 32.5 Å². The monoisotopic (exact) mass is 248 g/mol. The van der Waals surface area contributed by atoms with Crippen LogP contribution in [0, 0.1) is 5.92 Å². The molecule has 0 radical (unpaired) electrons. The van der Waals surface area contributed by atoms with E-state index in [1.807, 2.05) is 0 Å². The van der Waals surface area contributed by atoms with Gasteiger partial charge in [0.2, 0.25) is 0 Å². The summed E-state index contributed by atoms with van der Waals surface area (Å²) in [6.45, 7) is 7.33. The number of hydrogen-bond donors (Lipinski definition) is 1. The maximum atomic E-state index is 5.51. The molecule has 3 nitrogen and oxygen atoms in total. The van der Waals surface area contributed by atoms with Crippen LogP contribution < -0.4 is 10.4 Å². The lowest BCUT2D eigenvalue weighted by molar-refractivity contribution is -0.00404. The Kier molecular flexibility index (Phi) is 5.02. The summed E-state index contributed by atoms with van der Waals surface area (Å²) in [5.41, 5.74) is 4.53. The molecule has 1 heterocycles. The highest BCUT2D eigenvalue weighted by Gasteiger charge is 2.19. The highest BCUT2D eigenvalue weighted by Crippen LogP contribution is 2.19. The van der Waals surface area contributed by atoms with Crippen molar-refractivity contribution in [2.75, 3.05) is 24.6 Å². The fraction of sp³-hybridized carbons (Fsp3) is 0.600. The van der Waals surface area contributed by atoms with E-state index in [4.69, 9.17) is 4.84 Å². The van der Waals surface area contributed by atoms with Gasteiger partial charge in [0.05, 0.1) is 6.61 Å². The zero-order valence-electron chi connectivity index (χ0n) is 11.4. The van der Waals surface area contributed by atoms with E-state index in [1.165, 1.54) is 5.69 Å². The van der Waals surface area contributed by atoms with Crippen LogP contribution in [0.1, 0.15) is 26.7 Å². The zero-order valence-corrected chi connectivity index (χ0v) is 11.4. The van der Waals surface area contributed by atoms with Gasteiger partial charge in [-0.3, -0.25) is 0 Å². The number of nitrogens with one attached hydrogen (secondary N) is 1. The quantitative estimate of drug-likeness (QED) is 0.811. The lowest BCUT2D eigenvalue weighted by Crippen LogP contribution is -2.42. The van der Waals surface area contributed by atoms with Crippen molar-refractivity contribution < 1.29 is 4.84 Å². The van der Waals surface area contributed by atoms with Gasteiger partial charge in [-0.2, -0.15) is 5.48 Å². The topological polar surface area (TPSA) is 24.5 Å². The molecule has 0 saturated carbocycles. The van der Waals surface area contributed by atoms with E-state index < -0.39 is 0 Å². The minimum atomic E-state index is 0.503. The molecule has 18 heavy (non-hydrogen) atoms. The van der Waals surface area contributed by atoms with Gasteiger partial charge in [-0.15, -0.1) is 0 Å². The molecule has 100 valence electrons. The molecule has 0 amide bonds. The molecule has 1 aliphatic rings. The maximum absolute atomic E-state index is 5.51. The van der Waals surface area contributed by atoms with E-state index in [1.54, 1.807) is 0 Å². The number of nitrogens with zero attached hydrogens (tertiary/aromatic N) is 1. The summed E-state index contributed by atoms with van der Waals surface area (Å²) in [7, 11) is 0. The number of hydrogen-bond acceptors (Lipinski definition) is 3. The molecule has 1 aliphatic heterocycles. The van der Waals surface area contributed by atoms with Crippen molar-refractivity contribution in [3.8, 4) is 0 Å². The predicted octanol–water partition coefficient (Wildman–Crippen LogP) is 2.83. The van der Waals surface area contributed by atoms with Gasteiger partial charge in [0.25, 0.3) is 0 Å². The molecule has 1 fully saturated rings. The van der Waals surface area contributed by atoms with Gasteiger partial charge in [0.1, 0.15) is 0 Å². The summed E-state index contributed by atoms with van der Waals surface area (Å²) in [6.07, 6.45) is 2.29. The molecular weight excluding hydrogens is 224 g/mol. The fourth-order valence-corrected chi connectivity index (χ4v) is 2.23. The molecular formula is C15H24N2O. The average molecular weight is 248 g/mol. The molecule has 3 heteroatoms. The van der Waals surface area contributed by atoms with Crippen molar-refractivity contribution in [3.05, 3.63) is 30.3 Å². The summed E-state index contributed by atoms with van der Waals surface area (Å²) in [4.78, 5) is 7.95. The number of anilines is 1. The summed E-state index contributed by atoms with van der Waals surface area (Å²) >= 11 is 0. The molecule has 0 aliphatic carbocycles. The second-order valence-corrected chi connectivity index (χ2v) is 5.42. The molecule has 0 spiro atoms. The molecule has 0 atom stereocenters. The van der Waals surface area contributed by atoms with E-state index >= 15 is 0 Å². The first-order valence-electron chi connectivity index (χ1n) is 6.93. The molecule has 1 saturated heterocycles. The second kappa shape index (κ2) is 6.76. The summed E-state index contributed by atoms with van der Waals surface area (Å²) in [6, 6.07) is 11.1. The first kappa shape index (κ1) is 13.4. The first-order valence-corrected chi connectivity index (χ1v) is 6.93. The Bertz CT molecular complexity index is 332. The number of piperidine rings is 1. The lowest BCUT2D eigenvalue weighted by Gasteiger charge is -2.33. The fourth-order valence-electron chi connectivity index (χ4n) is 2.23. The normalized spacial score (nSPS) is 17.4. The number of rotatable bonds is 5. The van der Waals surface area contributed by atoms with Crippen molar-refractivity contribution in [2.24, 2.45) is 5.92 Å². The van der Waals surface area contributed by atoms with Crippen LogP contribution >= 0.6 is 0 Å². The smallest absolute Gasteiger partial charge is 0.0705 e. The van der Waals surface area contributed by atoms with Crippen molar-refractivity contribution >= 4 is 5.69 Å². The summed E-state index contributed by atoms with van der Waals surface area (Å²) in [5.74, 6) is 0.585. The molecule has 0 aromatic heterocycles. The minimum Gasteiger partial charge on any atom is -0.371 e. The summed E-state index contributed by atoms with van der Waals surface area (Å²) in [5, 5.41) is 0. The van der Waals surface area contributed by atoms with Crippen LogP contribution in [0.15, 0.2) is 30.3 Å². The van der Waals surface area contributed by atoms with Gasteiger partial charge in [0, 0.05) is 24.8 Å². The first-order chi connectivity index (χ1) is 8.75. The van der Waals surface area contributed by atoms with Crippen LogP contribution in [0.5, 0.6) is 0 Å². The minimum absolute atomic E-state index is 0.503. The van der Waals surface area contributed by atoms with E-state index in [0.29, 0.717) is 12.0 Å². The van der Waals surface area contributed by atoms with Crippen LogP contribution in [0.4, 0.5) is 5.69 Å². The highest BCUT2D eigenvalue weighted by molar-refractivity contribution is 5.46. The van der Waals surface area contributed by atoms with Crippen molar-refractivity contribution in [1.29, 1.82) is 0 Å². The highest BCUT2D eigenvalue weighted by atomic mass is 16.6. The second-order valence-electron chi connectivity index (χ2n) is 5.42. The largest absolute Gasteiger partial charge is 0.371 e. The number of para-hydroxylation sites is 1. The van der Waals surface area contributed by atoms with E-state index in [9.17, 15) is 0 Å². The Hall–Kier alpha value is -1.06. The maximum Gasteiger partial charge on any atom is 0.0705 e. The third-order valence-electron chi connectivity index (χ3n) is 3.28. The Labute approximate surface area is 110 Å². The predicted molar refractivity (Wildman–Crippen MR) is 75.6 cm³/mol. The van der Waals surface area contributed by atoms with Crippen LogP contribution in [0.25, 0.3) is 0 Å². The van der Waals surface area contributed by atoms with Crippen molar-refractivity contribution in [1.82, 2.24) is 5.48 Å². The van der Waals surface area contributed by atoms with Gasteiger partial charge >= 0.3 is 0 Å². The Morgan fingerprint density at radius 2 is 1.89 bits per heavy atom. The van der Waals surface area contributed by atoms with Crippen molar-refractivity contribution in [3.63, 3.8) is 0 Å². The van der Waals surface area contributed by atoms with Gasteiger partial charge in [0.15, 0.2) is 0 Å². The number of benzene rings is 1. The molecule has 0 bridgehead atoms. The molecule has 0 unspecified atom stereocenters. The van der Waals surface area contributed by atoms with E-state index in [2.05, 4.69) is 54.6 Å². The van der Waals surface area contributed by atoms with Crippen LogP contribution in [-0.4, -0.2) is 25.7 Å². The summed E-state index contributed by atoms with van der Waals surface area (Å²) < 4.78 is 0. The van der Waals surface area contributed by atoms with E-state index in [-0.39, 0.29) is 0 Å². The average Bonchev–Trinajstić information content (AvgIpc) is 2.40. The Morgan fingerprint density at radius 1 is 1.22 bits per heavy atom. The van der Waals surface area contributed by atoms with Gasteiger partial charge in [-0.05, 0) is 30.9 Å². The molecule has 1 aromatic rings. The van der Waals surface area contributed by atoms with Crippen LogP contribution in [0.2, 0.25) is 0 Å². The standard InChI is InChI=1S/C15H24N2O/c1-13(2)12-18-16-14-8-10-17(11-9-14)15-6-4-3-5-7-15/h3-7,13-14,16H,8-12H2,1-2H3. The molecule has 2 rings (SSSR count). The lowest BCUT2D eigenvalue weighted by atomic mass is 10.1. The van der Waals surface area contributed by atoms with Gasteiger partial charge in [-0.1, -0.05) is 32.0 Å². The SMILES string of the molecule is CC(C)CONC1CCN(c2ccccc2)CC1. The van der Waals surface area contributed by atoms with Crippen LogP contribution in [0.3, 0.4) is 0 Å². The van der Waals surface area contributed by atoms with Gasteiger partial charge in [-0.25, -0.2) is 0 Å². The van der Waals surface area contributed by atoms with Crippen LogP contribution in [-0.2, 0) is 4.84 Å². The van der Waals surface area contributed by atoms with Crippen molar-refractivity contribution in [2.45, 2.75) is 32.7 Å². The number of hydroxylamine groups is 1. The third kappa shape index (κ3) is 4.00. The Balaban J connectivity index is 1.71. The molecule has 1 N–H and O–H groups in total. The van der Waals surface area contributed by atoms with Gasteiger partial charge < -0.3 is 9.74 Å².